The van der Waals surface area contributed by atoms with Gasteiger partial charge in [-0.1, -0.05) is 102 Å². The summed E-state index contributed by atoms with van der Waals surface area (Å²) in [7, 11) is 0. The lowest BCUT2D eigenvalue weighted by Gasteiger charge is -2.48. The Morgan fingerprint density at radius 3 is 1.42 bits per heavy atom. The number of hydrogen-bond acceptors (Lipinski definition) is 17. The molecule has 370 valence electrons. The van der Waals surface area contributed by atoms with Gasteiger partial charge in [0.25, 0.3) is 0 Å². The summed E-state index contributed by atoms with van der Waals surface area (Å²) >= 11 is 0. The zero-order valence-corrected chi connectivity index (χ0v) is 37.7. The van der Waals surface area contributed by atoms with E-state index >= 15 is 0 Å². The smallest absolute Gasteiger partial charge is 0.219 e. The zero-order chi connectivity index (χ0) is 46.7. The predicted molar refractivity (Wildman–Crippen MR) is 232 cm³/mol. The van der Waals surface area contributed by atoms with Gasteiger partial charge in [0.2, 0.25) is 5.91 Å². The average Bonchev–Trinajstić information content (AvgIpc) is 3.29. The summed E-state index contributed by atoms with van der Waals surface area (Å²) in [4.78, 5) is 12.3. The maximum absolute atomic E-state index is 12.3. The van der Waals surface area contributed by atoms with Crippen molar-refractivity contribution >= 4 is 5.91 Å². The van der Waals surface area contributed by atoms with Crippen molar-refractivity contribution in [1.29, 1.82) is 0 Å². The summed E-state index contributed by atoms with van der Waals surface area (Å²) in [5.41, 5.74) is 0. The van der Waals surface area contributed by atoms with Crippen LogP contribution < -0.4 is 5.32 Å². The number of amides is 1. The van der Waals surface area contributed by atoms with Crippen LogP contribution in [0.5, 0.6) is 0 Å². The molecule has 0 unspecified atom stereocenters. The van der Waals surface area contributed by atoms with Crippen LogP contribution in [0.15, 0.2) is 0 Å². The number of rotatable bonds is 30. The maximum atomic E-state index is 12.3. The Morgan fingerprint density at radius 1 is 0.500 bits per heavy atom. The second-order valence-corrected chi connectivity index (χ2v) is 17.0. The quantitative estimate of drug-likeness (QED) is 0.0344. The van der Waals surface area contributed by atoms with E-state index in [1.54, 1.807) is 0 Å². The first-order chi connectivity index (χ1) is 31.0. The third-order valence-electron chi connectivity index (χ3n) is 11.8. The third-order valence-corrected chi connectivity index (χ3v) is 11.8. The molecule has 0 radical (unpaired) electrons. The standard InChI is InChI=1S/C46H79NO17/c1-2-3-4-5-6-7-8-9-10-11-12-13-14-15-16-17-18-19-20-21-22-23-25-34(51)47-26-24-27-59-44-40(57)37(54)42(32(29-49)61-44)64-46-41(58)38(55)43(33(30-50)62-46)63-45-39(56)36(53)35(52)31(28-48)60-45/h31-33,35-46,48-50,52-58H,2-12,17-30H2,1H3,(H,47,51)/t31-,32-,33-,35-,36+,37-,38-,39-,40-,41-,42-,43-,44-,45-,46-/m1/s1. The van der Waals surface area contributed by atoms with E-state index in [0.29, 0.717) is 19.4 Å². The fraction of sp³-hybridized carbons (Fsp3) is 0.891. The first kappa shape index (κ1) is 56.3. The summed E-state index contributed by atoms with van der Waals surface area (Å²) in [6.45, 7) is 0.272. The van der Waals surface area contributed by atoms with Gasteiger partial charge in [0.1, 0.15) is 73.2 Å². The first-order valence-electron chi connectivity index (χ1n) is 23.7. The molecule has 3 saturated heterocycles. The first-order valence-corrected chi connectivity index (χ1v) is 23.7. The highest BCUT2D eigenvalue weighted by molar-refractivity contribution is 5.75. The average molecular weight is 918 g/mol. The van der Waals surface area contributed by atoms with Crippen molar-refractivity contribution in [3.63, 3.8) is 0 Å². The second-order valence-electron chi connectivity index (χ2n) is 17.0. The van der Waals surface area contributed by atoms with Crippen molar-refractivity contribution < 1.29 is 84.3 Å². The van der Waals surface area contributed by atoms with Gasteiger partial charge in [-0.3, -0.25) is 4.79 Å². The number of aliphatic hydroxyl groups excluding tert-OH is 10. The van der Waals surface area contributed by atoms with Gasteiger partial charge in [-0.2, -0.15) is 0 Å². The van der Waals surface area contributed by atoms with Crippen molar-refractivity contribution in [2.24, 2.45) is 0 Å². The molecule has 18 heteroatoms. The summed E-state index contributed by atoms with van der Waals surface area (Å²) in [5, 5.41) is 106. The molecule has 3 heterocycles. The molecular formula is C46H79NO17. The molecule has 3 aliphatic heterocycles. The Kier molecular flexibility index (Phi) is 28.7. The molecule has 0 aromatic carbocycles. The van der Waals surface area contributed by atoms with E-state index in [0.717, 1.165) is 57.8 Å². The van der Waals surface area contributed by atoms with E-state index in [4.69, 9.17) is 28.4 Å². The molecule has 0 aromatic heterocycles. The van der Waals surface area contributed by atoms with Crippen LogP contribution in [-0.2, 0) is 33.2 Å². The normalized spacial score (nSPS) is 32.9. The van der Waals surface area contributed by atoms with Crippen molar-refractivity contribution in [2.75, 3.05) is 33.0 Å². The minimum absolute atomic E-state index is 0.0272. The van der Waals surface area contributed by atoms with Gasteiger partial charge in [-0.05, 0) is 37.5 Å². The number of unbranched alkanes of at least 4 members (excludes halogenated alkanes) is 16. The Morgan fingerprint density at radius 2 is 0.922 bits per heavy atom. The topological polar surface area (TPSA) is 287 Å². The molecule has 3 rings (SSSR count). The molecule has 1 amide bonds. The Hall–Kier alpha value is -2.05. The van der Waals surface area contributed by atoms with Gasteiger partial charge in [0, 0.05) is 25.8 Å². The van der Waals surface area contributed by atoms with Gasteiger partial charge in [-0.25, -0.2) is 0 Å². The molecule has 15 atom stereocenters. The highest BCUT2D eigenvalue weighted by Crippen LogP contribution is 2.32. The summed E-state index contributed by atoms with van der Waals surface area (Å²) in [6.07, 6.45) is -2.91. The summed E-state index contributed by atoms with van der Waals surface area (Å²) in [6, 6.07) is 0. The van der Waals surface area contributed by atoms with Crippen molar-refractivity contribution in [3.05, 3.63) is 0 Å². The lowest BCUT2D eigenvalue weighted by Crippen LogP contribution is -2.66. The highest BCUT2D eigenvalue weighted by atomic mass is 16.8. The van der Waals surface area contributed by atoms with Gasteiger partial charge in [0.15, 0.2) is 18.9 Å². The number of carbonyl (C=O) groups excluding carboxylic acids is 1. The lowest BCUT2D eigenvalue weighted by molar-refractivity contribution is -0.379. The Bertz CT molecular complexity index is 1370. The third kappa shape index (κ3) is 19.3. The molecule has 64 heavy (non-hydrogen) atoms. The summed E-state index contributed by atoms with van der Waals surface area (Å²) in [5.74, 6) is 12.2. The van der Waals surface area contributed by atoms with Crippen LogP contribution in [0.25, 0.3) is 0 Å². The molecule has 11 N–H and O–H groups in total. The second kappa shape index (κ2) is 32.6. The van der Waals surface area contributed by atoms with E-state index < -0.39 is 112 Å². The van der Waals surface area contributed by atoms with Crippen LogP contribution in [-0.4, -0.2) is 182 Å². The van der Waals surface area contributed by atoms with Crippen LogP contribution in [0.2, 0.25) is 0 Å². The maximum Gasteiger partial charge on any atom is 0.219 e. The van der Waals surface area contributed by atoms with Crippen molar-refractivity contribution in [1.82, 2.24) is 5.32 Å². The van der Waals surface area contributed by atoms with E-state index in [1.165, 1.54) is 57.8 Å². The van der Waals surface area contributed by atoms with Gasteiger partial charge in [-0.15, -0.1) is 0 Å². The minimum Gasteiger partial charge on any atom is -0.394 e. The predicted octanol–water partition coefficient (Wildman–Crippen LogP) is 0.396. The Balaban J connectivity index is 1.24. The van der Waals surface area contributed by atoms with Crippen LogP contribution in [0.1, 0.15) is 135 Å². The van der Waals surface area contributed by atoms with Crippen LogP contribution in [0.4, 0.5) is 0 Å². The Labute approximate surface area is 378 Å². The van der Waals surface area contributed by atoms with Crippen LogP contribution in [0.3, 0.4) is 0 Å². The fourth-order valence-corrected chi connectivity index (χ4v) is 7.89. The molecule has 0 aliphatic carbocycles. The van der Waals surface area contributed by atoms with E-state index in [1.807, 2.05) is 0 Å². The molecule has 3 fully saturated rings. The molecule has 0 spiro atoms. The molecule has 0 saturated carbocycles. The molecular weight excluding hydrogens is 838 g/mol. The largest absolute Gasteiger partial charge is 0.394 e. The monoisotopic (exact) mass is 918 g/mol. The molecule has 0 aromatic rings. The minimum atomic E-state index is -1.93. The SMILES string of the molecule is CCCCCCCCCCCCC#CC#CCCCCCCCCC(=O)NCCCO[C@@H]1O[C@H](CO)[C@@H](O[C@H]2O[C@H](CO)[C@@H](O[C@H]3O[C@H](CO)[C@@H](O)[C@H](O)[C@H]3O)[C@H](O)[C@H]2O)[C@H](O)[C@H]1O. The highest BCUT2D eigenvalue weighted by Gasteiger charge is 2.53. The lowest BCUT2D eigenvalue weighted by atomic mass is 9.96. The molecule has 18 nitrogen and oxygen atoms in total. The van der Waals surface area contributed by atoms with Gasteiger partial charge >= 0.3 is 0 Å². The van der Waals surface area contributed by atoms with Crippen LogP contribution in [0, 0.1) is 23.7 Å². The van der Waals surface area contributed by atoms with E-state index in [-0.39, 0.29) is 12.5 Å². The molecule has 0 bridgehead atoms. The fourth-order valence-electron chi connectivity index (χ4n) is 7.89. The van der Waals surface area contributed by atoms with E-state index in [2.05, 4.69) is 35.9 Å². The van der Waals surface area contributed by atoms with Gasteiger partial charge < -0.3 is 84.8 Å². The van der Waals surface area contributed by atoms with Crippen LogP contribution >= 0.6 is 0 Å². The van der Waals surface area contributed by atoms with Gasteiger partial charge in [0.05, 0.1) is 26.4 Å². The summed E-state index contributed by atoms with van der Waals surface area (Å²) < 4.78 is 33.4. The number of ether oxygens (including phenoxy) is 6. The number of hydrogen-bond donors (Lipinski definition) is 11. The molecule has 3 aliphatic rings. The number of nitrogens with one attached hydrogen (secondary N) is 1. The van der Waals surface area contributed by atoms with Crippen molar-refractivity contribution in [3.8, 4) is 23.7 Å². The van der Waals surface area contributed by atoms with Crippen molar-refractivity contribution in [2.45, 2.75) is 227 Å². The number of aliphatic hydroxyl groups is 10. The zero-order valence-electron chi connectivity index (χ0n) is 37.7. The van der Waals surface area contributed by atoms with E-state index in [9.17, 15) is 55.9 Å². The number of carbonyl (C=O) groups is 1.